The lowest BCUT2D eigenvalue weighted by molar-refractivity contribution is 0.0679. The van der Waals surface area contributed by atoms with Gasteiger partial charge in [-0.15, -0.1) is 82.6 Å². The lowest BCUT2D eigenvalue weighted by Crippen LogP contribution is -2.04. The molecule has 0 saturated carbocycles. The van der Waals surface area contributed by atoms with Crippen LogP contribution in [0.15, 0.2) is 186 Å². The van der Waals surface area contributed by atoms with Crippen LogP contribution in [0.3, 0.4) is 0 Å². The first-order valence-electron chi connectivity index (χ1n) is 28.8. The molecule has 0 unspecified atom stereocenters. The number of halogens is 4. The summed E-state index contributed by atoms with van der Waals surface area (Å²) in [4.78, 5) is 49.3. The molecule has 548 valence electrons. The highest BCUT2D eigenvalue weighted by molar-refractivity contribution is 9.69. The number of hydrogen-bond donors (Lipinski definition) is 8. The molecule has 0 spiro atoms. The Morgan fingerprint density at radius 1 is 0.427 bits per heavy atom. The number of aromatic hydroxyl groups is 3. The second kappa shape index (κ2) is 42.9. The summed E-state index contributed by atoms with van der Waals surface area (Å²) in [7, 11) is 12.5. The van der Waals surface area contributed by atoms with E-state index in [0.29, 0.717) is 81.3 Å². The minimum Gasteiger partial charge on any atom is -0.507 e. The van der Waals surface area contributed by atoms with Crippen LogP contribution < -0.4 is 63.0 Å². The van der Waals surface area contributed by atoms with Crippen LogP contribution in [0, 0.1) is 0 Å². The number of ether oxygens (including phenoxy) is 11. The van der Waals surface area contributed by atoms with Gasteiger partial charge in [0.2, 0.25) is 0 Å². The second-order valence-electron chi connectivity index (χ2n) is 19.3. The molecular formula is C69H67BBr4O24S5. The molecule has 9 aromatic carbocycles. The quantitative estimate of drug-likeness (QED) is 0.0155. The molecular weight excluding hydrogens is 1700 g/mol. The molecule has 7 N–H and O–H groups in total. The van der Waals surface area contributed by atoms with Crippen molar-refractivity contribution in [3.63, 3.8) is 0 Å². The van der Waals surface area contributed by atoms with Crippen LogP contribution in [0.1, 0.15) is 20.7 Å². The highest BCUT2D eigenvalue weighted by atomic mass is 79.9. The average Bonchev–Trinajstić information content (AvgIpc) is 0.762. The summed E-state index contributed by atoms with van der Waals surface area (Å²) < 4.78 is 91.7. The van der Waals surface area contributed by atoms with E-state index in [4.69, 9.17) is 74.7 Å². The third-order valence-electron chi connectivity index (χ3n) is 13.3. The molecule has 0 aliphatic rings. The number of para-hydroxylation sites is 4. The van der Waals surface area contributed by atoms with Crippen LogP contribution in [-0.2, 0) is 10.4 Å². The van der Waals surface area contributed by atoms with Gasteiger partial charge in [0.15, 0.2) is 68.4 Å². The van der Waals surface area contributed by atoms with E-state index in [9.17, 15) is 39.6 Å². The van der Waals surface area contributed by atoms with Crippen molar-refractivity contribution in [2.75, 3.05) is 78.2 Å². The van der Waals surface area contributed by atoms with Crippen LogP contribution in [0.4, 0.5) is 0 Å². The van der Waals surface area contributed by atoms with Gasteiger partial charge in [-0.2, -0.15) is 8.42 Å². The van der Waals surface area contributed by atoms with E-state index in [1.807, 2.05) is 66.7 Å². The van der Waals surface area contributed by atoms with Crippen LogP contribution >= 0.6 is 110 Å². The van der Waals surface area contributed by atoms with Crippen LogP contribution in [0.2, 0.25) is 0 Å². The van der Waals surface area contributed by atoms with Gasteiger partial charge < -0.3 is 77.6 Å². The molecule has 11 rings (SSSR count). The maximum absolute atomic E-state index is 12.8. The summed E-state index contributed by atoms with van der Waals surface area (Å²) in [6.07, 6.45) is 0. The number of phenols is 3. The highest BCUT2D eigenvalue weighted by Crippen LogP contribution is 2.45. The number of thiol groups is 1. The van der Waals surface area contributed by atoms with E-state index >= 15 is 0 Å². The predicted octanol–water partition coefficient (Wildman–Crippen LogP) is 16.9. The molecule has 0 fully saturated rings. The van der Waals surface area contributed by atoms with Crippen molar-refractivity contribution >= 4 is 176 Å². The van der Waals surface area contributed by atoms with E-state index < -0.39 is 22.3 Å². The molecule has 0 aliphatic heterocycles. The number of carbonyl (C=O) groups is 2. The zero-order chi connectivity index (χ0) is 76.8. The number of rotatable bonds is 15. The lowest BCUT2D eigenvalue weighted by atomic mass is 10.1. The van der Waals surface area contributed by atoms with Crippen molar-refractivity contribution in [3.05, 3.63) is 194 Å². The predicted molar refractivity (Wildman–Crippen MR) is 420 cm³/mol. The number of fused-ring (bicyclic) bond motifs is 4. The average molecular weight is 1770 g/mol. The Morgan fingerprint density at radius 2 is 0.806 bits per heavy atom. The summed E-state index contributed by atoms with van der Waals surface area (Å²) >= 11 is 20.6. The van der Waals surface area contributed by atoms with Gasteiger partial charge in [0, 0.05) is 29.5 Å². The summed E-state index contributed by atoms with van der Waals surface area (Å²) in [5, 5.41) is 48.9. The highest BCUT2D eigenvalue weighted by Gasteiger charge is 2.21. The van der Waals surface area contributed by atoms with Crippen molar-refractivity contribution in [1.82, 2.24) is 0 Å². The number of hydrogen-bond acceptors (Lipinski definition) is 24. The zero-order valence-corrected chi connectivity index (χ0v) is 66.8. The number of methoxy groups -OCH3 is 11. The monoisotopic (exact) mass is 1770 g/mol. The van der Waals surface area contributed by atoms with E-state index in [0.717, 1.165) is 42.0 Å². The van der Waals surface area contributed by atoms with Gasteiger partial charge in [-0.1, -0.05) is 60.3 Å². The zero-order valence-electron chi connectivity index (χ0n) is 56.3. The van der Waals surface area contributed by atoms with Crippen LogP contribution in [-0.4, -0.2) is 136 Å². The first-order valence-corrected chi connectivity index (χ1v) is 36.6. The number of benzene rings is 9. The Morgan fingerprint density at radius 3 is 1.29 bits per heavy atom. The Bertz CT molecular complexity index is 4900. The van der Waals surface area contributed by atoms with Gasteiger partial charge in [0.05, 0.1) is 108 Å². The molecule has 0 radical (unpaired) electrons. The molecule has 0 amide bonds. The molecule has 11 aromatic rings. The van der Waals surface area contributed by atoms with Crippen molar-refractivity contribution in [2.24, 2.45) is 0 Å². The fourth-order valence-electron chi connectivity index (χ4n) is 8.91. The minimum absolute atomic E-state index is 0.0582. The summed E-state index contributed by atoms with van der Waals surface area (Å²) in [6, 6.07) is 45.2. The first kappa shape index (κ1) is 86.9. The van der Waals surface area contributed by atoms with Crippen molar-refractivity contribution < 1.29 is 105 Å². The van der Waals surface area contributed by atoms with E-state index in [1.165, 1.54) is 55.5 Å². The number of aromatic carboxylic acids is 2. The number of phenolic OH excluding ortho intramolecular Hbond substituents is 3. The van der Waals surface area contributed by atoms with Gasteiger partial charge >= 0.3 is 25.5 Å². The molecule has 2 heterocycles. The minimum atomic E-state index is -4.67. The Hall–Kier alpha value is -8.55. The Kier molecular flexibility index (Phi) is 36.2. The topological polar surface area (TPSA) is 346 Å². The van der Waals surface area contributed by atoms with Gasteiger partial charge in [-0.25, -0.2) is 9.59 Å². The van der Waals surface area contributed by atoms with Crippen molar-refractivity contribution in [2.45, 2.75) is 14.7 Å². The SMILES string of the molecule is BrB(Br)Br.COc1ccc2c(=O)c3c(OC)cccc3sc2c1OC.COc1cccc(Br)c1C(=O)O.COc1cccc(S)c1OC.COc1cccc(Sc2cccc(OC)c2C(=O)O)c1OC.COc1ccccc1OC.O=S(=O)(O)O.O=c1c2ccc(O)c(O)c2sc2cccc(O)c12. The van der Waals surface area contributed by atoms with Crippen molar-refractivity contribution in [3.8, 4) is 80.5 Å². The third kappa shape index (κ3) is 24.5. The van der Waals surface area contributed by atoms with Crippen LogP contribution in [0.25, 0.3) is 40.3 Å². The largest absolute Gasteiger partial charge is 0.507 e. The smallest absolute Gasteiger partial charge is 0.394 e. The molecule has 34 heteroatoms. The summed E-state index contributed by atoms with van der Waals surface area (Å²) in [5.41, 5.74) is -0.135. The van der Waals surface area contributed by atoms with E-state index in [-0.39, 0.29) is 53.2 Å². The Labute approximate surface area is 642 Å². The molecule has 0 aliphatic carbocycles. The van der Waals surface area contributed by atoms with Crippen molar-refractivity contribution in [1.29, 1.82) is 0 Å². The van der Waals surface area contributed by atoms with Gasteiger partial charge in [0.1, 0.15) is 34.1 Å². The molecule has 0 bridgehead atoms. The van der Waals surface area contributed by atoms with Crippen LogP contribution in [0.5, 0.6) is 80.5 Å². The lowest BCUT2D eigenvalue weighted by Gasteiger charge is -2.14. The fourth-order valence-corrected chi connectivity index (χ4v) is 13.2. The molecule has 0 atom stereocenters. The molecule has 103 heavy (non-hydrogen) atoms. The molecule has 0 saturated heterocycles. The maximum Gasteiger partial charge on any atom is 0.394 e. The first-order chi connectivity index (χ1) is 49.0. The number of carboxylic acids is 2. The third-order valence-corrected chi connectivity index (χ3v) is 17.7. The van der Waals surface area contributed by atoms with Gasteiger partial charge in [0.25, 0.3) is 0 Å². The molecule has 24 nitrogen and oxygen atoms in total. The normalized spacial score (nSPS) is 10.1. The molecule has 2 aromatic heterocycles. The Balaban J connectivity index is 0.000000261. The van der Waals surface area contributed by atoms with Gasteiger partial charge in [-0.05, 0) is 125 Å². The van der Waals surface area contributed by atoms with E-state index in [1.54, 1.807) is 137 Å². The second-order valence-corrected chi connectivity index (χ2v) is 31.1. The number of carboxylic acid groups (broad SMARTS) is 2. The standard InChI is InChI=1S/C16H16O5S.C16H14O4S.C13H8O4S.C8H7BrO3.C8H10O2S.C8H10O2.BBr3.H2O4S/c1-19-10-6-4-8-12(14(10)16(17)18)22-13-9-5-7-11(20-2)15(13)21-3;1-18-10-5-4-6-12-13(10)14(17)9-7-8-11(19-2)15(20-3)16(9)21-12;14-7-2-1-3-9-10(7)11(16)6-4-5-8(15)12(17)13(6)18-9;1-12-6-4-2-3-5(9)7(6)8(10)11;1-9-6-4-3-5-7(11)8(6)10-2;1-9-7-5-3-4-6-8(7)10-2;2-1(3)4;1-5(2,3)4/h4-9H,1-3H3,(H,17,18);4-8H,1-3H3;1-5,14-15,17H;2-4H,1H3,(H,10,11);3-5,11H,1-2H3;3-6H,1-2H3;;(H2,1,2,3,4). The maximum atomic E-state index is 12.8. The van der Waals surface area contributed by atoms with Gasteiger partial charge in [-0.3, -0.25) is 18.7 Å². The van der Waals surface area contributed by atoms with E-state index in [2.05, 4.69) is 75.8 Å². The fraction of sp³-hybridized carbons (Fsp3) is 0.159. The summed E-state index contributed by atoms with van der Waals surface area (Å²) in [6.45, 7) is 0. The summed E-state index contributed by atoms with van der Waals surface area (Å²) in [5.74, 6) is 3.85.